The summed E-state index contributed by atoms with van der Waals surface area (Å²) in [5.74, 6) is 0.802. The Hall–Kier alpha value is -2.04. The second-order valence-corrected chi connectivity index (χ2v) is 3.94. The summed E-state index contributed by atoms with van der Waals surface area (Å²) >= 11 is 0. The largest absolute Gasteiger partial charge is 0.571 e. The lowest BCUT2D eigenvalue weighted by Crippen LogP contribution is -2.29. The molecule has 0 bridgehead atoms. The van der Waals surface area contributed by atoms with Gasteiger partial charge in [-0.3, -0.25) is 0 Å². The molecule has 18 heavy (non-hydrogen) atoms. The van der Waals surface area contributed by atoms with Gasteiger partial charge in [0.2, 0.25) is 0 Å². The van der Waals surface area contributed by atoms with Crippen LogP contribution in [0.2, 0.25) is 0 Å². The second-order valence-electron chi connectivity index (χ2n) is 3.94. The number of ether oxygens (including phenoxy) is 3. The van der Waals surface area contributed by atoms with E-state index in [0.29, 0.717) is 23.7 Å². The van der Waals surface area contributed by atoms with E-state index in [1.165, 1.54) is 0 Å². The van der Waals surface area contributed by atoms with Crippen LogP contribution in [0.5, 0.6) is 11.5 Å². The van der Waals surface area contributed by atoms with Crippen LogP contribution in [-0.2, 0) is 15.1 Å². The molecular weight excluding hydrogens is 234 g/mol. The van der Waals surface area contributed by atoms with Crippen LogP contribution in [0.15, 0.2) is 23.2 Å². The molecule has 1 aliphatic rings. The third-order valence-electron chi connectivity index (χ3n) is 2.82. The SMILES string of the molecule is CCOc1cc(C2(C)O[C-]=NC2=O)ccc1OC. The maximum Gasteiger partial charge on any atom is 0.161 e. The van der Waals surface area contributed by atoms with E-state index in [9.17, 15) is 4.79 Å². The van der Waals surface area contributed by atoms with E-state index < -0.39 is 5.60 Å². The normalized spacial score (nSPS) is 21.8. The van der Waals surface area contributed by atoms with Gasteiger partial charge in [-0.2, -0.15) is 0 Å². The van der Waals surface area contributed by atoms with Crippen LogP contribution in [0.1, 0.15) is 19.4 Å². The topological polar surface area (TPSA) is 57.1 Å². The molecule has 0 aliphatic carbocycles. The van der Waals surface area contributed by atoms with Crippen molar-refractivity contribution in [1.82, 2.24) is 0 Å². The molecule has 5 nitrogen and oxygen atoms in total. The number of carbonyl (C=O) groups excluding carboxylic acids is 1. The van der Waals surface area contributed by atoms with Gasteiger partial charge in [0.15, 0.2) is 11.5 Å². The summed E-state index contributed by atoms with van der Waals surface area (Å²) in [6.07, 6.45) is 2.24. The Morgan fingerprint density at radius 1 is 1.44 bits per heavy atom. The predicted octanol–water partition coefficient (Wildman–Crippen LogP) is 1.77. The summed E-state index contributed by atoms with van der Waals surface area (Å²) < 4.78 is 15.8. The Kier molecular flexibility index (Phi) is 3.23. The van der Waals surface area contributed by atoms with E-state index in [0.717, 1.165) is 0 Å². The fourth-order valence-electron chi connectivity index (χ4n) is 1.73. The van der Waals surface area contributed by atoms with Crippen molar-refractivity contribution in [3.05, 3.63) is 23.8 Å². The maximum atomic E-state index is 11.7. The number of nitrogens with zero attached hydrogens (tertiary/aromatic N) is 1. The molecule has 1 amide bonds. The van der Waals surface area contributed by atoms with Crippen molar-refractivity contribution >= 4 is 12.3 Å². The molecule has 0 spiro atoms. The Bertz CT molecular complexity index is 498. The summed E-state index contributed by atoms with van der Waals surface area (Å²) in [6.45, 7) is 4.03. The maximum absolute atomic E-state index is 11.7. The molecule has 0 saturated carbocycles. The molecule has 1 atom stereocenters. The van der Waals surface area contributed by atoms with Crippen LogP contribution in [0.25, 0.3) is 0 Å². The Morgan fingerprint density at radius 3 is 2.78 bits per heavy atom. The number of amides is 1. The zero-order valence-electron chi connectivity index (χ0n) is 10.5. The van der Waals surface area contributed by atoms with Gasteiger partial charge in [0.25, 0.3) is 0 Å². The van der Waals surface area contributed by atoms with Crippen molar-refractivity contribution in [2.45, 2.75) is 19.4 Å². The minimum atomic E-state index is -1.13. The van der Waals surface area contributed by atoms with Gasteiger partial charge < -0.3 is 24.0 Å². The molecule has 2 rings (SSSR count). The van der Waals surface area contributed by atoms with Crippen molar-refractivity contribution in [1.29, 1.82) is 0 Å². The van der Waals surface area contributed by atoms with E-state index in [-0.39, 0.29) is 5.91 Å². The van der Waals surface area contributed by atoms with Crippen LogP contribution in [0.3, 0.4) is 0 Å². The Morgan fingerprint density at radius 2 is 2.22 bits per heavy atom. The van der Waals surface area contributed by atoms with Gasteiger partial charge >= 0.3 is 0 Å². The molecule has 0 fully saturated rings. The van der Waals surface area contributed by atoms with Crippen LogP contribution >= 0.6 is 0 Å². The third kappa shape index (κ3) is 1.92. The van der Waals surface area contributed by atoms with E-state index in [4.69, 9.17) is 14.2 Å². The molecule has 0 N–H and O–H groups in total. The first-order valence-electron chi connectivity index (χ1n) is 5.61. The highest BCUT2D eigenvalue weighted by Crippen LogP contribution is 2.36. The number of hydrogen-bond acceptors (Lipinski definition) is 4. The average molecular weight is 248 g/mol. The van der Waals surface area contributed by atoms with Crippen molar-refractivity contribution in [3.8, 4) is 11.5 Å². The lowest BCUT2D eigenvalue weighted by molar-refractivity contribution is -0.129. The summed E-state index contributed by atoms with van der Waals surface area (Å²) in [4.78, 5) is 15.2. The first-order valence-corrected chi connectivity index (χ1v) is 5.61. The van der Waals surface area contributed by atoms with Gasteiger partial charge in [-0.1, -0.05) is 6.07 Å². The molecule has 1 heterocycles. The summed E-state index contributed by atoms with van der Waals surface area (Å²) in [5, 5.41) is 0. The quantitative estimate of drug-likeness (QED) is 0.762. The molecular formula is C13H14NO4-. The van der Waals surface area contributed by atoms with E-state index in [2.05, 4.69) is 11.4 Å². The van der Waals surface area contributed by atoms with Crippen molar-refractivity contribution < 1.29 is 19.0 Å². The fourth-order valence-corrected chi connectivity index (χ4v) is 1.73. The van der Waals surface area contributed by atoms with Gasteiger partial charge in [-0.25, -0.2) is 0 Å². The minimum absolute atomic E-state index is 0.380. The van der Waals surface area contributed by atoms with Gasteiger partial charge in [-0.15, -0.1) is 0 Å². The molecule has 0 saturated heterocycles. The molecule has 1 unspecified atom stereocenters. The number of rotatable bonds is 4. The van der Waals surface area contributed by atoms with Crippen LogP contribution in [0.4, 0.5) is 0 Å². The van der Waals surface area contributed by atoms with E-state index in [1.54, 1.807) is 32.2 Å². The van der Waals surface area contributed by atoms with Crippen LogP contribution < -0.4 is 9.47 Å². The highest BCUT2D eigenvalue weighted by molar-refractivity contribution is 5.95. The van der Waals surface area contributed by atoms with Gasteiger partial charge in [0.1, 0.15) is 11.5 Å². The smallest absolute Gasteiger partial charge is 0.161 e. The van der Waals surface area contributed by atoms with Gasteiger partial charge in [0.05, 0.1) is 13.7 Å². The summed E-state index contributed by atoms with van der Waals surface area (Å²) in [6, 6.07) is 5.21. The fraction of sp³-hybridized carbons (Fsp3) is 0.385. The molecule has 96 valence electrons. The Labute approximate surface area is 105 Å². The standard InChI is InChI=1S/C13H14NO4/c1-4-17-11-7-9(5-6-10(11)16-3)13(2)12(15)14-8-18-13/h5-7H,4H2,1-3H3/q-1. The molecule has 5 heteroatoms. The third-order valence-corrected chi connectivity index (χ3v) is 2.82. The lowest BCUT2D eigenvalue weighted by Gasteiger charge is -2.28. The van der Waals surface area contributed by atoms with E-state index in [1.807, 2.05) is 6.92 Å². The molecule has 0 radical (unpaired) electrons. The highest BCUT2D eigenvalue weighted by Gasteiger charge is 2.31. The van der Waals surface area contributed by atoms with Crippen molar-refractivity contribution in [2.24, 2.45) is 4.99 Å². The first-order chi connectivity index (χ1) is 8.61. The minimum Gasteiger partial charge on any atom is -0.571 e. The number of aliphatic imine (C=N–C) groups is 1. The van der Waals surface area contributed by atoms with Crippen LogP contribution in [0, 0.1) is 0 Å². The second kappa shape index (κ2) is 4.68. The molecule has 1 aromatic rings. The van der Waals surface area contributed by atoms with Gasteiger partial charge in [0, 0.05) is 6.40 Å². The van der Waals surface area contributed by atoms with E-state index >= 15 is 0 Å². The molecule has 1 aromatic carbocycles. The highest BCUT2D eigenvalue weighted by atomic mass is 16.5. The number of hydrogen-bond donors (Lipinski definition) is 0. The molecule has 1 aliphatic heterocycles. The predicted molar refractivity (Wildman–Crippen MR) is 65.0 cm³/mol. The molecule has 0 aromatic heterocycles. The van der Waals surface area contributed by atoms with Crippen LogP contribution in [-0.4, -0.2) is 26.0 Å². The van der Waals surface area contributed by atoms with Gasteiger partial charge in [-0.05, 0) is 31.5 Å². The Balaban J connectivity index is 2.40. The zero-order valence-corrected chi connectivity index (χ0v) is 10.5. The number of methoxy groups -OCH3 is 1. The zero-order chi connectivity index (χ0) is 13.2. The number of benzene rings is 1. The lowest BCUT2D eigenvalue weighted by atomic mass is 9.95. The first kappa shape index (κ1) is 12.4. The summed E-state index contributed by atoms with van der Waals surface area (Å²) in [7, 11) is 1.56. The number of carbonyl (C=O) groups is 1. The average Bonchev–Trinajstić information content (AvgIpc) is 2.71. The summed E-state index contributed by atoms with van der Waals surface area (Å²) in [5.41, 5.74) is -0.469. The van der Waals surface area contributed by atoms with Crippen molar-refractivity contribution in [2.75, 3.05) is 13.7 Å². The monoisotopic (exact) mass is 248 g/mol. The van der Waals surface area contributed by atoms with Crippen molar-refractivity contribution in [3.63, 3.8) is 0 Å².